The molecular formula is C12H16N2O3. The van der Waals surface area contributed by atoms with Gasteiger partial charge in [-0.1, -0.05) is 0 Å². The van der Waals surface area contributed by atoms with Crippen LogP contribution in [0.25, 0.3) is 5.57 Å². The Kier molecular flexibility index (Phi) is 4.51. The molecule has 0 aliphatic carbocycles. The number of pyridine rings is 1. The molecule has 0 spiro atoms. The second-order valence-corrected chi connectivity index (χ2v) is 3.59. The number of aromatic nitrogens is 1. The van der Waals surface area contributed by atoms with Gasteiger partial charge in [0.15, 0.2) is 0 Å². The molecule has 92 valence electrons. The molecule has 1 heterocycles. The van der Waals surface area contributed by atoms with E-state index in [1.165, 1.54) is 7.11 Å². The first-order chi connectivity index (χ1) is 8.08. The Morgan fingerprint density at radius 1 is 1.35 bits per heavy atom. The summed E-state index contributed by atoms with van der Waals surface area (Å²) in [6.07, 6.45) is 3.26. The summed E-state index contributed by atoms with van der Waals surface area (Å²) in [7, 11) is 6.56. The lowest BCUT2D eigenvalue weighted by molar-refractivity contribution is -0.133. The van der Waals surface area contributed by atoms with Gasteiger partial charge in [0.1, 0.15) is 0 Å². The smallest absolute Gasteiger partial charge is 0.340 e. The molecule has 0 N–H and O–H groups in total. The van der Waals surface area contributed by atoms with Crippen molar-refractivity contribution in [3.63, 3.8) is 0 Å². The van der Waals surface area contributed by atoms with Crippen LogP contribution in [-0.4, -0.2) is 44.2 Å². The molecule has 17 heavy (non-hydrogen) atoms. The highest BCUT2D eigenvalue weighted by molar-refractivity contribution is 6.16. The van der Waals surface area contributed by atoms with E-state index in [9.17, 15) is 4.79 Å². The van der Waals surface area contributed by atoms with Gasteiger partial charge in [-0.25, -0.2) is 9.78 Å². The minimum Gasteiger partial charge on any atom is -0.481 e. The minimum atomic E-state index is -0.398. The number of rotatable bonds is 4. The van der Waals surface area contributed by atoms with E-state index in [2.05, 4.69) is 4.98 Å². The van der Waals surface area contributed by atoms with Crippen LogP contribution in [0.5, 0.6) is 5.88 Å². The maximum absolute atomic E-state index is 11.6. The predicted octanol–water partition coefficient (Wildman–Crippen LogP) is 1.17. The van der Waals surface area contributed by atoms with E-state index in [-0.39, 0.29) is 0 Å². The maximum Gasteiger partial charge on any atom is 0.340 e. The van der Waals surface area contributed by atoms with Crippen LogP contribution in [0.1, 0.15) is 5.56 Å². The zero-order valence-corrected chi connectivity index (χ0v) is 10.4. The topological polar surface area (TPSA) is 51.7 Å². The molecule has 0 amide bonds. The van der Waals surface area contributed by atoms with Crippen LogP contribution in [0.4, 0.5) is 0 Å². The summed E-state index contributed by atoms with van der Waals surface area (Å²) >= 11 is 0. The lowest BCUT2D eigenvalue weighted by Gasteiger charge is -2.10. The van der Waals surface area contributed by atoms with Crippen molar-refractivity contribution in [2.24, 2.45) is 0 Å². The molecule has 0 aliphatic heterocycles. The molecule has 0 atom stereocenters. The molecule has 1 aromatic heterocycles. The highest BCUT2D eigenvalue weighted by atomic mass is 16.5. The Balaban J connectivity index is 3.09. The fourth-order valence-corrected chi connectivity index (χ4v) is 1.27. The zero-order valence-electron chi connectivity index (χ0n) is 10.4. The summed E-state index contributed by atoms with van der Waals surface area (Å²) in [6, 6.07) is 3.46. The van der Waals surface area contributed by atoms with Gasteiger partial charge in [-0.15, -0.1) is 0 Å². The molecule has 0 saturated heterocycles. The number of carbonyl (C=O) groups is 1. The summed E-state index contributed by atoms with van der Waals surface area (Å²) in [4.78, 5) is 17.5. The van der Waals surface area contributed by atoms with Crippen molar-refractivity contribution in [2.75, 3.05) is 28.3 Å². The van der Waals surface area contributed by atoms with Crippen LogP contribution in [0.2, 0.25) is 0 Å². The fourth-order valence-electron chi connectivity index (χ4n) is 1.27. The molecule has 0 aromatic carbocycles. The first-order valence-corrected chi connectivity index (χ1v) is 5.05. The zero-order chi connectivity index (χ0) is 12.8. The van der Waals surface area contributed by atoms with Crippen LogP contribution in [-0.2, 0) is 9.53 Å². The van der Waals surface area contributed by atoms with E-state index < -0.39 is 5.97 Å². The van der Waals surface area contributed by atoms with Gasteiger partial charge in [0.05, 0.1) is 19.8 Å². The van der Waals surface area contributed by atoms with Crippen molar-refractivity contribution in [1.82, 2.24) is 9.88 Å². The Morgan fingerprint density at radius 3 is 2.47 bits per heavy atom. The van der Waals surface area contributed by atoms with Gasteiger partial charge in [-0.3, -0.25) is 0 Å². The number of nitrogens with zero attached hydrogens (tertiary/aromatic N) is 2. The Labute approximate surface area is 101 Å². The van der Waals surface area contributed by atoms with Crippen molar-refractivity contribution in [1.29, 1.82) is 0 Å². The van der Waals surface area contributed by atoms with Gasteiger partial charge in [0, 0.05) is 38.1 Å². The molecule has 0 fully saturated rings. The van der Waals surface area contributed by atoms with E-state index in [1.807, 2.05) is 14.1 Å². The molecule has 1 rings (SSSR count). The van der Waals surface area contributed by atoms with E-state index >= 15 is 0 Å². The third-order valence-electron chi connectivity index (χ3n) is 2.05. The van der Waals surface area contributed by atoms with Gasteiger partial charge in [0.2, 0.25) is 5.88 Å². The lowest BCUT2D eigenvalue weighted by Crippen LogP contribution is -2.10. The Hall–Kier alpha value is -2.04. The van der Waals surface area contributed by atoms with Gasteiger partial charge < -0.3 is 14.4 Å². The Morgan fingerprint density at radius 2 is 2.06 bits per heavy atom. The number of hydrogen-bond acceptors (Lipinski definition) is 5. The third-order valence-corrected chi connectivity index (χ3v) is 2.05. The summed E-state index contributed by atoms with van der Waals surface area (Å²) in [6.45, 7) is 0. The fraction of sp³-hybridized carbons (Fsp3) is 0.333. The molecule has 5 nitrogen and oxygen atoms in total. The van der Waals surface area contributed by atoms with Crippen LogP contribution in [0, 0.1) is 0 Å². The average molecular weight is 236 g/mol. The van der Waals surface area contributed by atoms with Gasteiger partial charge in [-0.2, -0.15) is 0 Å². The molecular weight excluding hydrogens is 220 g/mol. The minimum absolute atomic E-state index is 0.398. The lowest BCUT2D eigenvalue weighted by atomic mass is 10.1. The molecule has 0 radical (unpaired) electrons. The van der Waals surface area contributed by atoms with Crippen molar-refractivity contribution in [3.05, 3.63) is 30.1 Å². The molecule has 0 bridgehead atoms. The van der Waals surface area contributed by atoms with Gasteiger partial charge in [0.25, 0.3) is 0 Å². The van der Waals surface area contributed by atoms with E-state index in [0.29, 0.717) is 17.0 Å². The van der Waals surface area contributed by atoms with Gasteiger partial charge in [-0.05, 0) is 6.07 Å². The van der Waals surface area contributed by atoms with Crippen molar-refractivity contribution < 1.29 is 14.3 Å². The first kappa shape index (κ1) is 13.0. The summed E-state index contributed by atoms with van der Waals surface area (Å²) in [5.74, 6) is 0.105. The third kappa shape index (κ3) is 3.48. The molecule has 0 saturated carbocycles. The number of carbonyl (C=O) groups excluding carboxylic acids is 1. The standard InChI is InChI=1S/C12H16N2O3/c1-14(2)8-10(12(15)17-4)9-5-6-11(16-3)13-7-9/h5-8H,1-4H3/b10-8+. The second-order valence-electron chi connectivity index (χ2n) is 3.59. The van der Waals surface area contributed by atoms with Crippen molar-refractivity contribution in [3.8, 4) is 5.88 Å². The SMILES string of the molecule is COC(=O)/C(=C/N(C)C)c1ccc(OC)nc1. The summed E-state index contributed by atoms with van der Waals surface area (Å²) in [5.41, 5.74) is 1.14. The average Bonchev–Trinajstić information content (AvgIpc) is 2.35. The molecule has 0 aliphatic rings. The highest BCUT2D eigenvalue weighted by Gasteiger charge is 2.13. The maximum atomic E-state index is 11.6. The number of esters is 1. The number of ether oxygens (including phenoxy) is 2. The van der Waals surface area contributed by atoms with Gasteiger partial charge >= 0.3 is 5.97 Å². The second kappa shape index (κ2) is 5.89. The van der Waals surface area contributed by atoms with Crippen LogP contribution < -0.4 is 4.74 Å². The predicted molar refractivity (Wildman–Crippen MR) is 64.5 cm³/mol. The van der Waals surface area contributed by atoms with Crippen LogP contribution in [0.15, 0.2) is 24.5 Å². The quantitative estimate of drug-likeness (QED) is 0.580. The number of methoxy groups -OCH3 is 2. The Bertz CT molecular complexity index is 410. The van der Waals surface area contributed by atoms with Crippen LogP contribution in [0.3, 0.4) is 0 Å². The monoisotopic (exact) mass is 236 g/mol. The van der Waals surface area contributed by atoms with E-state index in [1.54, 1.807) is 36.5 Å². The molecule has 1 aromatic rings. The molecule has 5 heteroatoms. The van der Waals surface area contributed by atoms with Crippen molar-refractivity contribution in [2.45, 2.75) is 0 Å². The normalized spacial score (nSPS) is 10.9. The van der Waals surface area contributed by atoms with E-state index in [0.717, 1.165) is 0 Å². The first-order valence-electron chi connectivity index (χ1n) is 5.05. The molecule has 0 unspecified atom stereocenters. The van der Waals surface area contributed by atoms with Crippen molar-refractivity contribution >= 4 is 11.5 Å². The van der Waals surface area contributed by atoms with E-state index in [4.69, 9.17) is 9.47 Å². The highest BCUT2D eigenvalue weighted by Crippen LogP contribution is 2.17. The largest absolute Gasteiger partial charge is 0.481 e. The summed E-state index contributed by atoms with van der Waals surface area (Å²) < 4.78 is 9.69. The van der Waals surface area contributed by atoms with Crippen LogP contribution >= 0.6 is 0 Å². The number of hydrogen-bond donors (Lipinski definition) is 0. The summed E-state index contributed by atoms with van der Waals surface area (Å²) in [5, 5.41) is 0.